The first-order valence-corrected chi connectivity index (χ1v) is 6.48. The third-order valence-corrected chi connectivity index (χ3v) is 3.50. The number of nitrogens with zero attached hydrogens (tertiary/aromatic N) is 1. The Labute approximate surface area is 113 Å². The second-order valence-corrected chi connectivity index (χ2v) is 4.95. The molecule has 3 nitrogen and oxygen atoms in total. The van der Waals surface area contributed by atoms with Crippen molar-refractivity contribution in [1.29, 1.82) is 0 Å². The second kappa shape index (κ2) is 6.15. The van der Waals surface area contributed by atoms with Crippen LogP contribution in [0.3, 0.4) is 0 Å². The lowest BCUT2D eigenvalue weighted by Gasteiger charge is -2.31. The lowest BCUT2D eigenvalue weighted by atomic mass is 9.94. The van der Waals surface area contributed by atoms with Gasteiger partial charge in [-0.25, -0.2) is 4.39 Å². The number of piperidine rings is 1. The largest absolute Gasteiger partial charge is 0.494 e. The van der Waals surface area contributed by atoms with Gasteiger partial charge in [-0.05, 0) is 44.0 Å². The molecule has 19 heavy (non-hydrogen) atoms. The van der Waals surface area contributed by atoms with Crippen molar-refractivity contribution in [2.24, 2.45) is 5.92 Å². The van der Waals surface area contributed by atoms with Crippen LogP contribution in [0, 0.1) is 18.2 Å². The highest BCUT2D eigenvalue weighted by atomic mass is 19.1. The summed E-state index contributed by atoms with van der Waals surface area (Å²) in [6.07, 6.45) is 3.01. The Morgan fingerprint density at radius 1 is 1.53 bits per heavy atom. The number of ether oxygens (including phenoxy) is 1. The molecule has 1 aromatic carbocycles. The van der Waals surface area contributed by atoms with Crippen LogP contribution in [-0.2, 0) is 11.3 Å². The lowest BCUT2D eigenvalue weighted by Crippen LogP contribution is -2.37. The fourth-order valence-electron chi connectivity index (χ4n) is 2.40. The molecule has 1 aliphatic rings. The molecule has 0 aromatic heterocycles. The van der Waals surface area contributed by atoms with E-state index in [-0.39, 0.29) is 23.3 Å². The van der Waals surface area contributed by atoms with Gasteiger partial charge in [0.15, 0.2) is 11.6 Å². The number of methoxy groups -OCH3 is 1. The third-order valence-electron chi connectivity index (χ3n) is 3.50. The first-order chi connectivity index (χ1) is 9.10. The summed E-state index contributed by atoms with van der Waals surface area (Å²) in [5.41, 5.74) is 1.00. The molecule has 1 aromatic rings. The first-order valence-electron chi connectivity index (χ1n) is 6.48. The summed E-state index contributed by atoms with van der Waals surface area (Å²) in [5.74, 6) is 0.154. The van der Waals surface area contributed by atoms with Gasteiger partial charge in [0.05, 0.1) is 7.11 Å². The highest BCUT2D eigenvalue weighted by Gasteiger charge is 2.23. The standard InChI is InChI=1S/C15H19FNO2/c1-11(18)13-4-3-7-17(10-13)9-12-5-6-14(16)15(8-12)19-2/h4-6,8,13H,3,7,9-10H2,1-2H3. The molecule has 1 heterocycles. The number of halogens is 1. The minimum absolute atomic E-state index is 0.0242. The summed E-state index contributed by atoms with van der Waals surface area (Å²) in [6, 6.07) is 4.90. The molecule has 4 heteroatoms. The van der Waals surface area contributed by atoms with Crippen molar-refractivity contribution in [1.82, 2.24) is 4.90 Å². The van der Waals surface area contributed by atoms with Crippen molar-refractivity contribution < 1.29 is 13.9 Å². The van der Waals surface area contributed by atoms with Crippen LogP contribution in [-0.4, -0.2) is 30.9 Å². The number of carbonyl (C=O) groups excluding carboxylic acids is 1. The van der Waals surface area contributed by atoms with Gasteiger partial charge in [0.1, 0.15) is 5.78 Å². The summed E-state index contributed by atoms with van der Waals surface area (Å²) in [7, 11) is 1.46. The van der Waals surface area contributed by atoms with Gasteiger partial charge >= 0.3 is 0 Å². The predicted octanol–water partition coefficient (Wildman–Crippen LogP) is 2.45. The molecule has 0 spiro atoms. The Bertz CT molecular complexity index is 461. The molecule has 1 aliphatic heterocycles. The highest BCUT2D eigenvalue weighted by Crippen LogP contribution is 2.22. The number of benzene rings is 1. The van der Waals surface area contributed by atoms with Crippen LogP contribution in [0.15, 0.2) is 18.2 Å². The van der Waals surface area contributed by atoms with E-state index in [9.17, 15) is 9.18 Å². The van der Waals surface area contributed by atoms with Crippen LogP contribution < -0.4 is 4.74 Å². The summed E-state index contributed by atoms with van der Waals surface area (Å²) in [6.45, 7) is 4.03. The van der Waals surface area contributed by atoms with Gasteiger partial charge in [-0.15, -0.1) is 0 Å². The summed E-state index contributed by atoms with van der Waals surface area (Å²) >= 11 is 0. The zero-order chi connectivity index (χ0) is 13.8. The van der Waals surface area contributed by atoms with Crippen LogP contribution >= 0.6 is 0 Å². The molecule has 0 N–H and O–H groups in total. The normalized spacial score (nSPS) is 20.3. The molecular formula is C15H19FNO2. The molecule has 103 valence electrons. The molecule has 0 saturated carbocycles. The molecule has 1 fully saturated rings. The predicted molar refractivity (Wildman–Crippen MR) is 71.3 cm³/mol. The Morgan fingerprint density at radius 3 is 3.00 bits per heavy atom. The fraction of sp³-hybridized carbons (Fsp3) is 0.467. The maximum absolute atomic E-state index is 13.3. The van der Waals surface area contributed by atoms with Gasteiger partial charge in [-0.3, -0.25) is 9.69 Å². The smallest absolute Gasteiger partial charge is 0.165 e. The van der Waals surface area contributed by atoms with E-state index in [2.05, 4.69) is 11.3 Å². The molecule has 1 saturated heterocycles. The van der Waals surface area contributed by atoms with Crippen molar-refractivity contribution in [3.63, 3.8) is 0 Å². The number of rotatable bonds is 4. The molecule has 1 unspecified atom stereocenters. The van der Waals surface area contributed by atoms with E-state index in [1.807, 2.05) is 0 Å². The summed E-state index contributed by atoms with van der Waals surface area (Å²) in [4.78, 5) is 13.6. The highest BCUT2D eigenvalue weighted by molar-refractivity contribution is 5.79. The quantitative estimate of drug-likeness (QED) is 0.836. The molecule has 1 atom stereocenters. The van der Waals surface area contributed by atoms with Gasteiger partial charge < -0.3 is 4.74 Å². The van der Waals surface area contributed by atoms with Crippen LogP contribution in [0.1, 0.15) is 18.9 Å². The van der Waals surface area contributed by atoms with E-state index in [1.165, 1.54) is 13.2 Å². The van der Waals surface area contributed by atoms with E-state index < -0.39 is 0 Å². The van der Waals surface area contributed by atoms with E-state index >= 15 is 0 Å². The molecule has 0 bridgehead atoms. The number of carbonyl (C=O) groups is 1. The van der Waals surface area contributed by atoms with E-state index in [1.54, 1.807) is 19.1 Å². The Morgan fingerprint density at radius 2 is 2.32 bits per heavy atom. The van der Waals surface area contributed by atoms with E-state index in [4.69, 9.17) is 4.74 Å². The second-order valence-electron chi connectivity index (χ2n) is 4.95. The topological polar surface area (TPSA) is 29.5 Å². The van der Waals surface area contributed by atoms with Crippen LogP contribution in [0.2, 0.25) is 0 Å². The van der Waals surface area contributed by atoms with Gasteiger partial charge in [0.2, 0.25) is 0 Å². The van der Waals surface area contributed by atoms with Gasteiger partial charge in [-0.1, -0.05) is 6.07 Å². The fourth-order valence-corrected chi connectivity index (χ4v) is 2.40. The molecule has 1 radical (unpaired) electrons. The molecule has 0 aliphatic carbocycles. The van der Waals surface area contributed by atoms with E-state index in [0.717, 1.165) is 25.1 Å². The number of hydrogen-bond donors (Lipinski definition) is 0. The molecular weight excluding hydrogens is 245 g/mol. The van der Waals surface area contributed by atoms with Crippen molar-refractivity contribution in [2.45, 2.75) is 19.9 Å². The van der Waals surface area contributed by atoms with Crippen LogP contribution in [0.4, 0.5) is 4.39 Å². The Hall–Kier alpha value is -1.42. The minimum Gasteiger partial charge on any atom is -0.494 e. The van der Waals surface area contributed by atoms with Crippen molar-refractivity contribution >= 4 is 5.78 Å². The average Bonchev–Trinajstić information content (AvgIpc) is 2.41. The number of likely N-dealkylation sites (tertiary alicyclic amines) is 1. The van der Waals surface area contributed by atoms with Crippen molar-refractivity contribution in [2.75, 3.05) is 20.2 Å². The third kappa shape index (κ3) is 3.53. The maximum Gasteiger partial charge on any atom is 0.165 e. The monoisotopic (exact) mass is 264 g/mol. The SMILES string of the molecule is COc1cc(CN2CC[CH]C(C(C)=O)C2)ccc1F. The Balaban J connectivity index is 2.02. The number of Topliss-reactive ketones (excluding diaryl/α,β-unsaturated/α-hetero) is 1. The maximum atomic E-state index is 13.3. The van der Waals surface area contributed by atoms with Crippen LogP contribution in [0.5, 0.6) is 5.75 Å². The minimum atomic E-state index is -0.347. The summed E-state index contributed by atoms with van der Waals surface area (Å²) < 4.78 is 18.3. The summed E-state index contributed by atoms with van der Waals surface area (Å²) in [5, 5.41) is 0. The van der Waals surface area contributed by atoms with Gasteiger partial charge in [0, 0.05) is 19.0 Å². The molecule has 2 rings (SSSR count). The number of ketones is 1. The van der Waals surface area contributed by atoms with Crippen LogP contribution in [0.25, 0.3) is 0 Å². The van der Waals surface area contributed by atoms with Crippen molar-refractivity contribution in [3.05, 3.63) is 36.0 Å². The zero-order valence-corrected chi connectivity index (χ0v) is 11.4. The zero-order valence-electron chi connectivity index (χ0n) is 11.4. The van der Waals surface area contributed by atoms with Gasteiger partial charge in [-0.2, -0.15) is 0 Å². The number of hydrogen-bond acceptors (Lipinski definition) is 3. The van der Waals surface area contributed by atoms with Crippen molar-refractivity contribution in [3.8, 4) is 5.75 Å². The van der Waals surface area contributed by atoms with E-state index in [0.29, 0.717) is 6.54 Å². The average molecular weight is 264 g/mol. The first kappa shape index (κ1) is 14.0. The van der Waals surface area contributed by atoms with Gasteiger partial charge in [0.25, 0.3) is 0 Å². The Kier molecular flexibility index (Phi) is 4.53. The lowest BCUT2D eigenvalue weighted by molar-refractivity contribution is -0.120. The molecule has 0 amide bonds.